The molecule has 1 heterocycles. The monoisotopic (exact) mass is 1950 g/mol. The average molecular weight is 1950 g/mol. The van der Waals surface area contributed by atoms with Gasteiger partial charge >= 0.3 is 0 Å². The summed E-state index contributed by atoms with van der Waals surface area (Å²) in [4.78, 5) is 200. The van der Waals surface area contributed by atoms with Crippen LogP contribution in [-0.4, -0.2) is 106 Å². The SMILES string of the molecule is CN1C2=C(C(=O)CCC2)C(c2ccc(Cl)cc2)C2=C1C(=O)c1ccccc1C2=O.COc1ccc(C2C3=C(CCCC3=O)CC3=C2C(=O)c2ccccc2C3=O)cc1.Cc1ccc(C2C3=C(CCCC3=O)CC3=C2C(=O)c2ccccc2C3=O)cc1.O=C1CCCC2=C1C(c1ccc(Cl)c(Cl)c1)C1=C(C2)C(=O)c2ccccc2C1=O.O=C1CCCC2=C1C(c1ccc(F)cc1)C1=C(C2)C(=O)c2ccccc2C1=O. The molecule has 15 aliphatic rings. The average Bonchev–Trinajstić information content (AvgIpc) is 1.06. The Morgan fingerprint density at radius 1 is 0.273 bits per heavy atom. The summed E-state index contributed by atoms with van der Waals surface area (Å²) in [6.45, 7) is 2.01. The van der Waals surface area contributed by atoms with Crippen molar-refractivity contribution in [3.05, 3.63) is 458 Å². The molecule has 14 aliphatic carbocycles. The Kier molecular flexibility index (Phi) is 25.2. The second-order valence-electron chi connectivity index (χ2n) is 38.6. The first-order chi connectivity index (χ1) is 69.2. The maximum Gasteiger partial charge on any atom is 0.210 e. The van der Waals surface area contributed by atoms with Crippen LogP contribution in [-0.2, 0) is 24.0 Å². The number of ether oxygens (including phenoxy) is 1. The van der Waals surface area contributed by atoms with Crippen molar-refractivity contribution < 1.29 is 81.0 Å². The number of Topliss-reactive ketones (excluding diaryl/α,β-unsaturated/α-hetero) is 15. The van der Waals surface area contributed by atoms with E-state index in [1.807, 2.05) is 67.6 Å². The van der Waals surface area contributed by atoms with E-state index in [1.54, 1.807) is 183 Å². The zero-order chi connectivity index (χ0) is 99.5. The Balaban J connectivity index is 0.000000106. The topological polar surface area (TPSA) is 269 Å². The van der Waals surface area contributed by atoms with E-state index in [2.05, 4.69) is 0 Å². The van der Waals surface area contributed by atoms with E-state index in [1.165, 1.54) is 12.1 Å². The van der Waals surface area contributed by atoms with Gasteiger partial charge in [0.1, 0.15) is 11.6 Å². The summed E-state index contributed by atoms with van der Waals surface area (Å²) in [7, 11) is 3.39. The van der Waals surface area contributed by atoms with Gasteiger partial charge in [0.25, 0.3) is 0 Å². The number of nitrogens with zero attached hydrogens (tertiary/aromatic N) is 1. The molecule has 5 unspecified atom stereocenters. The standard InChI is InChI=1S/C25H20O4.C25H20O3.C24H16Cl2O3.C24H18ClNO3.C24H17FO3/c1-29-16-11-9-14(10-12-16)22-21-15(5-4-8-20(21)26)13-19-23(22)25(28)18-7-3-2-6-17(18)24(19)27;1-14-9-11-15(12-10-14)22-21-16(5-4-8-20(21)26)13-19-23(22)25(28)18-7-3-2-6-17(18)24(19)27;25-17-9-8-13(11-18(17)26)21-20-12(4-3-7-19(20)27)10-16-22(21)24(29)15-6-2-1-5-14(15)23(16)28;1-26-17-7-4-8-18(27)20(17)19(13-9-11-14(25)12-10-13)21-22(26)24(29)16-6-3-2-5-15(16)23(21)28;25-15-10-8-13(9-11-15)21-20-14(4-3-7-19(20)26)12-18-22(21)24(28)17-6-2-1-5-16(17)23(18)27/h2-3,6-7,9-12,22H,4-5,8,13H2,1H3;2-3,6-7,9-12,22H,4-5,8,13H2,1H3;1-2,5-6,8-9,11,21H,3-4,7,10H2;2-3,5-6,9-12,19H,4,7-8H2,1H3;1-2,5-6,8-11,21H,3-4,7,12H2. The largest absolute Gasteiger partial charge is 0.497 e. The van der Waals surface area contributed by atoms with Crippen molar-refractivity contribution in [3.8, 4) is 5.75 Å². The maximum atomic E-state index is 13.6. The summed E-state index contributed by atoms with van der Waals surface area (Å²) in [5.74, 6) is -3.38. The van der Waals surface area contributed by atoms with Gasteiger partial charge in [-0.15, -0.1) is 0 Å². The van der Waals surface area contributed by atoms with Crippen LogP contribution in [0.5, 0.6) is 5.75 Å². The van der Waals surface area contributed by atoms with Crippen molar-refractivity contribution in [2.75, 3.05) is 14.2 Å². The number of fused-ring (bicyclic) bond motifs is 5. The Hall–Kier alpha value is -15.0. The number of rotatable bonds is 6. The molecule has 17 nitrogen and oxygen atoms in total. The van der Waals surface area contributed by atoms with Crippen molar-refractivity contribution in [1.29, 1.82) is 0 Å². The van der Waals surface area contributed by atoms with Crippen molar-refractivity contribution in [1.82, 2.24) is 4.90 Å². The first-order valence-corrected chi connectivity index (χ1v) is 49.6. The fraction of sp³-hybridized carbons (Fsp3) is 0.221. The third-order valence-corrected chi connectivity index (χ3v) is 31.6. The molecule has 708 valence electrons. The van der Waals surface area contributed by atoms with Gasteiger partial charge in [-0.2, -0.15) is 0 Å². The minimum Gasteiger partial charge on any atom is -0.497 e. The summed E-state index contributed by atoms with van der Waals surface area (Å²) >= 11 is 18.4. The number of ketones is 15. The van der Waals surface area contributed by atoms with E-state index < -0.39 is 29.6 Å². The molecule has 0 saturated carbocycles. The van der Waals surface area contributed by atoms with E-state index in [0.717, 1.165) is 125 Å². The van der Waals surface area contributed by atoms with Crippen LogP contribution in [0.4, 0.5) is 4.39 Å². The lowest BCUT2D eigenvalue weighted by Crippen LogP contribution is -2.40. The number of carbonyl (C=O) groups excluding carboxylic acids is 15. The molecule has 143 heavy (non-hydrogen) atoms. The highest BCUT2D eigenvalue weighted by molar-refractivity contribution is 6.42. The van der Waals surface area contributed by atoms with Crippen LogP contribution >= 0.6 is 34.8 Å². The zero-order valence-corrected chi connectivity index (χ0v) is 80.6. The molecular formula is C122H91Cl3FNO16. The van der Waals surface area contributed by atoms with E-state index in [-0.39, 0.29) is 92.6 Å². The molecular weight excluding hydrogens is 1860 g/mol. The van der Waals surface area contributed by atoms with Crippen LogP contribution in [0, 0.1) is 12.7 Å². The van der Waals surface area contributed by atoms with E-state index >= 15 is 0 Å². The Morgan fingerprint density at radius 3 is 0.867 bits per heavy atom. The van der Waals surface area contributed by atoms with Gasteiger partial charge in [-0.1, -0.05) is 251 Å². The number of hydrogen-bond donors (Lipinski definition) is 0. The van der Waals surface area contributed by atoms with Crippen molar-refractivity contribution in [2.45, 2.75) is 159 Å². The second-order valence-corrected chi connectivity index (χ2v) is 39.8. The van der Waals surface area contributed by atoms with Gasteiger partial charge in [-0.25, -0.2) is 4.39 Å². The number of benzene rings is 10. The number of halogens is 4. The van der Waals surface area contributed by atoms with E-state index in [9.17, 15) is 76.3 Å². The minimum atomic E-state index is -0.600. The van der Waals surface area contributed by atoms with Gasteiger partial charge in [-0.05, 0) is 173 Å². The summed E-state index contributed by atoms with van der Waals surface area (Å²) in [6, 6.07) is 68.3. The molecule has 0 radical (unpaired) electrons. The number of likely N-dealkylation sites (N-methyl/N-ethyl adjacent to an activating group) is 1. The molecule has 0 spiro atoms. The fourth-order valence-electron chi connectivity index (χ4n) is 24.1. The summed E-state index contributed by atoms with van der Waals surface area (Å²) in [5, 5.41) is 1.34. The first kappa shape index (κ1) is 94.3. The van der Waals surface area contributed by atoms with Gasteiger partial charge in [0.05, 0.1) is 22.9 Å². The molecule has 0 amide bonds. The molecule has 25 rings (SSSR count). The molecule has 0 bridgehead atoms. The van der Waals surface area contributed by atoms with Crippen molar-refractivity contribution in [2.24, 2.45) is 0 Å². The Morgan fingerprint density at radius 2 is 0.538 bits per heavy atom. The zero-order valence-electron chi connectivity index (χ0n) is 78.3. The molecule has 10 aromatic rings. The number of methoxy groups -OCH3 is 1. The van der Waals surface area contributed by atoms with Crippen LogP contribution in [0.1, 0.15) is 289 Å². The van der Waals surface area contributed by atoms with Crippen molar-refractivity contribution in [3.63, 3.8) is 0 Å². The number of hydrogen-bond acceptors (Lipinski definition) is 17. The molecule has 0 N–H and O–H groups in total. The van der Waals surface area contributed by atoms with Crippen LogP contribution < -0.4 is 4.74 Å². The molecule has 5 atom stereocenters. The van der Waals surface area contributed by atoms with Gasteiger partial charge in [0.2, 0.25) is 5.78 Å². The predicted octanol–water partition coefficient (Wildman–Crippen LogP) is 24.9. The van der Waals surface area contributed by atoms with Gasteiger partial charge in [0.15, 0.2) is 81.0 Å². The van der Waals surface area contributed by atoms with Crippen molar-refractivity contribution >= 4 is 122 Å². The van der Waals surface area contributed by atoms with Gasteiger partial charge in [0, 0.05) is 213 Å². The first-order valence-electron chi connectivity index (χ1n) is 48.4. The third kappa shape index (κ3) is 16.3. The highest BCUT2D eigenvalue weighted by Crippen LogP contribution is 2.57. The van der Waals surface area contributed by atoms with Crippen LogP contribution in [0.25, 0.3) is 0 Å². The molecule has 21 heteroatoms. The number of aryl methyl sites for hydroxylation is 1. The summed E-state index contributed by atoms with van der Waals surface area (Å²) < 4.78 is 18.8. The lowest BCUT2D eigenvalue weighted by atomic mass is 9.65. The highest BCUT2D eigenvalue weighted by atomic mass is 35.5. The van der Waals surface area contributed by atoms with E-state index in [0.29, 0.717) is 219 Å². The number of carbonyl (C=O) groups is 15. The molecule has 0 fully saturated rings. The maximum absolute atomic E-state index is 13.6. The highest BCUT2D eigenvalue weighted by Gasteiger charge is 2.52. The lowest BCUT2D eigenvalue weighted by molar-refractivity contribution is -0.117. The van der Waals surface area contributed by atoms with Gasteiger partial charge in [-0.3, -0.25) is 71.9 Å². The smallest absolute Gasteiger partial charge is 0.210 e. The normalized spacial score (nSPS) is 21.3. The number of allylic oxidation sites excluding steroid dienone is 20. The predicted molar refractivity (Wildman–Crippen MR) is 538 cm³/mol. The van der Waals surface area contributed by atoms with E-state index in [4.69, 9.17) is 39.5 Å². The molecule has 0 saturated heterocycles. The Labute approximate surface area is 838 Å². The lowest BCUT2D eigenvalue weighted by Gasteiger charge is -2.41. The summed E-state index contributed by atoms with van der Waals surface area (Å²) in [6.07, 6.45) is 11.7. The van der Waals surface area contributed by atoms with Crippen LogP contribution in [0.3, 0.4) is 0 Å². The quantitative estimate of drug-likeness (QED) is 0.150. The molecule has 0 aromatic heterocycles. The second kappa shape index (κ2) is 38.1. The fourth-order valence-corrected chi connectivity index (χ4v) is 24.5. The van der Waals surface area contributed by atoms with Crippen LogP contribution in [0.2, 0.25) is 15.1 Å². The molecule has 1 aliphatic heterocycles. The minimum absolute atomic E-state index is 0.0289. The Bertz CT molecular complexity index is 7660. The third-order valence-electron chi connectivity index (χ3n) is 30.6. The molecule has 10 aromatic carbocycles. The van der Waals surface area contributed by atoms with Crippen LogP contribution in [0.15, 0.2) is 348 Å². The van der Waals surface area contributed by atoms with Gasteiger partial charge < -0.3 is 9.64 Å². The summed E-state index contributed by atoms with van der Waals surface area (Å²) in [5.41, 5.74) is 22.4.